The first kappa shape index (κ1) is 19.1. The number of anilines is 3. The minimum Gasteiger partial charge on any atom is -0.366 e. The Labute approximate surface area is 170 Å². The molecule has 2 atom stereocenters. The summed E-state index contributed by atoms with van der Waals surface area (Å²) in [6.07, 6.45) is 8.24. The van der Waals surface area contributed by atoms with Crippen LogP contribution in [-0.4, -0.2) is 35.0 Å². The van der Waals surface area contributed by atoms with Crippen molar-refractivity contribution in [1.82, 2.24) is 15.3 Å². The highest BCUT2D eigenvalue weighted by Crippen LogP contribution is 2.26. The Morgan fingerprint density at radius 3 is 2.69 bits per heavy atom. The lowest BCUT2D eigenvalue weighted by molar-refractivity contribution is 0.100. The van der Waals surface area contributed by atoms with Crippen molar-refractivity contribution < 1.29 is 4.79 Å². The summed E-state index contributed by atoms with van der Waals surface area (Å²) >= 11 is 0. The van der Waals surface area contributed by atoms with Crippen LogP contribution in [0.2, 0.25) is 0 Å². The van der Waals surface area contributed by atoms with Gasteiger partial charge < -0.3 is 21.7 Å². The summed E-state index contributed by atoms with van der Waals surface area (Å²) in [6.45, 7) is 0. The van der Waals surface area contributed by atoms with E-state index in [1.807, 2.05) is 43.6 Å². The fraction of sp³-hybridized carbons (Fsp3) is 0.318. The van der Waals surface area contributed by atoms with Crippen molar-refractivity contribution in [2.45, 2.75) is 37.8 Å². The van der Waals surface area contributed by atoms with Gasteiger partial charge in [-0.15, -0.1) is 0 Å². The molecule has 1 saturated carbocycles. The average molecular weight is 390 g/mol. The van der Waals surface area contributed by atoms with E-state index in [9.17, 15) is 4.79 Å². The molecule has 1 aliphatic rings. The Morgan fingerprint density at radius 2 is 1.90 bits per heavy atom. The molecule has 0 spiro atoms. The molecule has 2 aromatic heterocycles. The van der Waals surface area contributed by atoms with Crippen LogP contribution in [0.5, 0.6) is 0 Å². The van der Waals surface area contributed by atoms with Gasteiger partial charge in [-0.05, 0) is 55.6 Å². The summed E-state index contributed by atoms with van der Waals surface area (Å²) in [5.41, 5.74) is 6.76. The van der Waals surface area contributed by atoms with E-state index >= 15 is 0 Å². The zero-order valence-electron chi connectivity index (χ0n) is 16.5. The molecular weight excluding hydrogens is 364 g/mol. The van der Waals surface area contributed by atoms with Crippen LogP contribution < -0.4 is 21.7 Å². The molecule has 2 heterocycles. The number of nitrogens with two attached hydrogens (primary N) is 1. The molecule has 1 aromatic carbocycles. The van der Waals surface area contributed by atoms with Crippen molar-refractivity contribution in [2.75, 3.05) is 17.7 Å². The number of aromatic nitrogens is 2. The SMILES string of the molecule is CNC1CCCCC1Nc1ccc(C(N)=O)c(Nc2ccc3ccncc3c2)n1. The molecule has 0 aliphatic heterocycles. The number of nitrogens with one attached hydrogen (secondary N) is 3. The van der Waals surface area contributed by atoms with Crippen LogP contribution in [0.15, 0.2) is 48.8 Å². The Hall–Kier alpha value is -3.19. The summed E-state index contributed by atoms with van der Waals surface area (Å²) < 4.78 is 0. The van der Waals surface area contributed by atoms with Crippen LogP contribution in [0.3, 0.4) is 0 Å². The third-order valence-electron chi connectivity index (χ3n) is 5.53. The van der Waals surface area contributed by atoms with Crippen LogP contribution in [0.1, 0.15) is 36.0 Å². The number of rotatable bonds is 6. The predicted octanol–water partition coefficient (Wildman–Crippen LogP) is 3.41. The highest BCUT2D eigenvalue weighted by atomic mass is 16.1. The molecule has 0 saturated heterocycles. The van der Waals surface area contributed by atoms with Crippen molar-refractivity contribution in [3.63, 3.8) is 0 Å². The molecule has 5 N–H and O–H groups in total. The molecule has 1 aliphatic carbocycles. The predicted molar refractivity (Wildman–Crippen MR) is 117 cm³/mol. The lowest BCUT2D eigenvalue weighted by atomic mass is 9.90. The second-order valence-corrected chi connectivity index (χ2v) is 7.45. The molecule has 0 radical (unpaired) electrons. The van der Waals surface area contributed by atoms with Crippen LogP contribution in [-0.2, 0) is 0 Å². The monoisotopic (exact) mass is 390 g/mol. The van der Waals surface area contributed by atoms with Crippen LogP contribution in [0.25, 0.3) is 10.8 Å². The van der Waals surface area contributed by atoms with E-state index in [0.717, 1.165) is 35.1 Å². The molecule has 150 valence electrons. The van der Waals surface area contributed by atoms with Gasteiger partial charge in [-0.25, -0.2) is 4.98 Å². The van der Waals surface area contributed by atoms with Gasteiger partial charge in [0, 0.05) is 35.6 Å². The quantitative estimate of drug-likeness (QED) is 0.514. The molecule has 0 bridgehead atoms. The van der Waals surface area contributed by atoms with Crippen LogP contribution >= 0.6 is 0 Å². The first-order valence-corrected chi connectivity index (χ1v) is 9.99. The largest absolute Gasteiger partial charge is 0.366 e. The number of primary amides is 1. The van der Waals surface area contributed by atoms with E-state index in [4.69, 9.17) is 5.73 Å². The third kappa shape index (κ3) is 4.30. The number of hydrogen-bond donors (Lipinski definition) is 4. The van der Waals surface area contributed by atoms with Crippen LogP contribution in [0, 0.1) is 0 Å². The number of pyridine rings is 2. The maximum Gasteiger partial charge on any atom is 0.252 e. The van der Waals surface area contributed by atoms with Crippen molar-refractivity contribution >= 4 is 34.0 Å². The third-order valence-corrected chi connectivity index (χ3v) is 5.53. The first-order valence-electron chi connectivity index (χ1n) is 9.99. The fourth-order valence-corrected chi connectivity index (χ4v) is 3.97. The Kier molecular flexibility index (Phi) is 5.57. The highest BCUT2D eigenvalue weighted by molar-refractivity contribution is 5.99. The topological polar surface area (TPSA) is 105 Å². The lowest BCUT2D eigenvalue weighted by Crippen LogP contribution is -2.44. The van der Waals surface area contributed by atoms with Gasteiger partial charge in [0.15, 0.2) is 0 Å². The van der Waals surface area contributed by atoms with Crippen molar-refractivity contribution in [3.8, 4) is 0 Å². The smallest absolute Gasteiger partial charge is 0.252 e. The van der Waals surface area contributed by atoms with E-state index in [1.54, 1.807) is 12.3 Å². The van der Waals surface area contributed by atoms with Gasteiger partial charge in [0.25, 0.3) is 5.91 Å². The van der Waals surface area contributed by atoms with Gasteiger partial charge in [-0.3, -0.25) is 9.78 Å². The number of carbonyl (C=O) groups is 1. The van der Waals surface area contributed by atoms with Crippen LogP contribution in [0.4, 0.5) is 17.3 Å². The number of amides is 1. The zero-order valence-corrected chi connectivity index (χ0v) is 16.5. The minimum atomic E-state index is -0.514. The van der Waals surface area contributed by atoms with Gasteiger partial charge in [-0.1, -0.05) is 18.9 Å². The van der Waals surface area contributed by atoms with Gasteiger partial charge in [-0.2, -0.15) is 0 Å². The number of hydrogen-bond acceptors (Lipinski definition) is 6. The standard InChI is InChI=1S/C22H26N6O/c1-24-18-4-2-3-5-19(18)27-20-9-8-17(21(23)29)22(28-20)26-16-7-6-14-10-11-25-13-15(14)12-16/h6-13,18-19,24H,2-5H2,1H3,(H2,23,29)(H2,26,27,28). The lowest BCUT2D eigenvalue weighted by Gasteiger charge is -2.32. The van der Waals surface area contributed by atoms with Crippen molar-refractivity contribution in [2.24, 2.45) is 5.73 Å². The summed E-state index contributed by atoms with van der Waals surface area (Å²) in [5.74, 6) is 0.662. The van der Waals surface area contributed by atoms with E-state index in [-0.39, 0.29) is 0 Å². The maximum atomic E-state index is 11.9. The Morgan fingerprint density at radius 1 is 1.07 bits per heavy atom. The fourth-order valence-electron chi connectivity index (χ4n) is 3.97. The summed E-state index contributed by atoms with van der Waals surface area (Å²) in [5, 5.41) is 12.3. The van der Waals surface area contributed by atoms with Crippen molar-refractivity contribution in [3.05, 3.63) is 54.4 Å². The molecule has 29 heavy (non-hydrogen) atoms. The molecular formula is C22H26N6O. The van der Waals surface area contributed by atoms with E-state index < -0.39 is 5.91 Å². The molecule has 1 fully saturated rings. The van der Waals surface area contributed by atoms with E-state index in [2.05, 4.69) is 25.9 Å². The van der Waals surface area contributed by atoms with Crippen molar-refractivity contribution in [1.29, 1.82) is 0 Å². The molecule has 1 amide bonds. The summed E-state index contributed by atoms with van der Waals surface area (Å²) in [6, 6.07) is 12.1. The highest BCUT2D eigenvalue weighted by Gasteiger charge is 2.24. The van der Waals surface area contributed by atoms with Gasteiger partial charge in [0.05, 0.1) is 5.56 Å². The van der Waals surface area contributed by atoms with Gasteiger partial charge in [0.1, 0.15) is 11.6 Å². The molecule has 7 nitrogen and oxygen atoms in total. The summed E-state index contributed by atoms with van der Waals surface area (Å²) in [7, 11) is 2.00. The summed E-state index contributed by atoms with van der Waals surface area (Å²) in [4.78, 5) is 20.8. The molecule has 7 heteroatoms. The molecule has 3 aromatic rings. The van der Waals surface area contributed by atoms with Gasteiger partial charge in [0.2, 0.25) is 0 Å². The number of nitrogens with zero attached hydrogens (tertiary/aromatic N) is 2. The maximum absolute atomic E-state index is 11.9. The molecule has 4 rings (SSSR count). The minimum absolute atomic E-state index is 0.306. The van der Waals surface area contributed by atoms with Gasteiger partial charge >= 0.3 is 0 Å². The number of benzene rings is 1. The average Bonchev–Trinajstić information content (AvgIpc) is 2.74. The number of fused-ring (bicyclic) bond motifs is 1. The Balaban J connectivity index is 1.61. The van der Waals surface area contributed by atoms with E-state index in [1.165, 1.54) is 12.8 Å². The zero-order chi connectivity index (χ0) is 20.2. The second-order valence-electron chi connectivity index (χ2n) is 7.45. The normalized spacial score (nSPS) is 19.1. The number of carbonyl (C=O) groups excluding carboxylic acids is 1. The molecule has 2 unspecified atom stereocenters. The first-order chi connectivity index (χ1) is 14.1. The van der Waals surface area contributed by atoms with E-state index in [0.29, 0.717) is 23.5 Å². The second kappa shape index (κ2) is 8.45. The number of likely N-dealkylation sites (N-methyl/N-ethyl adjacent to an activating group) is 1. The Bertz CT molecular complexity index is 1020.